The molecule has 1 aromatic heterocycles. The predicted molar refractivity (Wildman–Crippen MR) is 96.1 cm³/mol. The molecule has 0 radical (unpaired) electrons. The Morgan fingerprint density at radius 3 is 2.27 bits per heavy atom. The maximum absolute atomic E-state index is 4.76. The fourth-order valence-corrected chi connectivity index (χ4v) is 3.24. The molecule has 1 N–H and O–H groups in total. The Kier molecular flexibility index (Phi) is 4.25. The molecule has 0 aliphatic carbocycles. The van der Waals surface area contributed by atoms with E-state index in [1.54, 1.807) is 11.3 Å². The summed E-state index contributed by atoms with van der Waals surface area (Å²) in [7, 11) is 0. The average molecular weight is 308 g/mol. The van der Waals surface area contributed by atoms with Crippen molar-refractivity contribution in [2.75, 3.05) is 5.32 Å². The van der Waals surface area contributed by atoms with Gasteiger partial charge in [-0.15, -0.1) is 11.3 Å². The number of thiazole rings is 1. The van der Waals surface area contributed by atoms with Gasteiger partial charge in [-0.05, 0) is 30.5 Å². The van der Waals surface area contributed by atoms with Gasteiger partial charge in [0.25, 0.3) is 0 Å². The molecule has 3 heteroatoms. The molecule has 0 saturated heterocycles. The summed E-state index contributed by atoms with van der Waals surface area (Å²) in [6.45, 7) is 6.55. The van der Waals surface area contributed by atoms with Crippen LogP contribution in [0.1, 0.15) is 30.2 Å². The number of hydrogen-bond acceptors (Lipinski definition) is 3. The first-order valence-corrected chi connectivity index (χ1v) is 8.35. The second-order valence-corrected chi connectivity index (χ2v) is 6.89. The highest BCUT2D eigenvalue weighted by Crippen LogP contribution is 2.32. The van der Waals surface area contributed by atoms with Crippen molar-refractivity contribution < 1.29 is 0 Å². The highest BCUT2D eigenvalue weighted by atomic mass is 32.1. The monoisotopic (exact) mass is 308 g/mol. The number of anilines is 2. The minimum atomic E-state index is 0.556. The third-order valence-electron chi connectivity index (χ3n) is 3.67. The van der Waals surface area contributed by atoms with Gasteiger partial charge in [-0.2, -0.15) is 0 Å². The molecule has 112 valence electrons. The molecule has 0 aliphatic rings. The van der Waals surface area contributed by atoms with E-state index in [1.165, 1.54) is 16.0 Å². The Bertz CT molecular complexity index is 743. The van der Waals surface area contributed by atoms with E-state index in [4.69, 9.17) is 4.98 Å². The van der Waals surface area contributed by atoms with Gasteiger partial charge >= 0.3 is 0 Å². The zero-order valence-corrected chi connectivity index (χ0v) is 13.9. The molecule has 0 bridgehead atoms. The van der Waals surface area contributed by atoms with E-state index in [9.17, 15) is 0 Å². The van der Waals surface area contributed by atoms with E-state index in [1.807, 2.05) is 30.3 Å². The van der Waals surface area contributed by atoms with Gasteiger partial charge in [0, 0.05) is 16.1 Å². The van der Waals surface area contributed by atoms with Gasteiger partial charge in [0.1, 0.15) is 0 Å². The summed E-state index contributed by atoms with van der Waals surface area (Å²) >= 11 is 1.69. The van der Waals surface area contributed by atoms with Crippen molar-refractivity contribution in [3.63, 3.8) is 0 Å². The topological polar surface area (TPSA) is 24.9 Å². The number of rotatable bonds is 4. The largest absolute Gasteiger partial charge is 0.332 e. The molecule has 1 heterocycles. The summed E-state index contributed by atoms with van der Waals surface area (Å²) in [5.41, 5.74) is 4.68. The van der Waals surface area contributed by atoms with Gasteiger partial charge in [0.05, 0.1) is 5.69 Å². The van der Waals surface area contributed by atoms with E-state index >= 15 is 0 Å². The second-order valence-electron chi connectivity index (χ2n) is 5.69. The highest BCUT2D eigenvalue weighted by Gasteiger charge is 2.10. The lowest BCUT2D eigenvalue weighted by Gasteiger charge is -2.06. The number of nitrogens with zero attached hydrogens (tertiary/aromatic N) is 1. The van der Waals surface area contributed by atoms with Gasteiger partial charge in [-0.25, -0.2) is 4.98 Å². The molecule has 0 unspecified atom stereocenters. The smallest absolute Gasteiger partial charge is 0.187 e. The van der Waals surface area contributed by atoms with Gasteiger partial charge in [-0.3, -0.25) is 0 Å². The number of aromatic nitrogens is 1. The molecule has 0 spiro atoms. The Labute approximate surface area is 135 Å². The van der Waals surface area contributed by atoms with Crippen LogP contribution in [0.15, 0.2) is 54.6 Å². The molecule has 2 nitrogen and oxygen atoms in total. The number of aryl methyl sites for hydroxylation is 1. The third kappa shape index (κ3) is 3.20. The van der Waals surface area contributed by atoms with Crippen LogP contribution in [0.25, 0.3) is 11.3 Å². The average Bonchev–Trinajstić information content (AvgIpc) is 2.89. The SMILES string of the molecule is Cc1sc(Nc2ccccc2)nc1-c1ccc(C(C)C)cc1. The Balaban J connectivity index is 1.86. The Hall–Kier alpha value is -2.13. The Morgan fingerprint density at radius 2 is 1.64 bits per heavy atom. The second kappa shape index (κ2) is 6.32. The maximum atomic E-state index is 4.76. The van der Waals surface area contributed by atoms with Crippen molar-refractivity contribution in [2.45, 2.75) is 26.7 Å². The highest BCUT2D eigenvalue weighted by molar-refractivity contribution is 7.16. The predicted octanol–water partition coefficient (Wildman–Crippen LogP) is 5.99. The maximum Gasteiger partial charge on any atom is 0.187 e. The molecule has 0 saturated carbocycles. The van der Waals surface area contributed by atoms with Crippen molar-refractivity contribution >= 4 is 22.2 Å². The summed E-state index contributed by atoms with van der Waals surface area (Å²) in [4.78, 5) is 5.99. The minimum Gasteiger partial charge on any atom is -0.332 e. The van der Waals surface area contributed by atoms with E-state index in [2.05, 4.69) is 50.4 Å². The van der Waals surface area contributed by atoms with Crippen molar-refractivity contribution in [1.82, 2.24) is 4.98 Å². The van der Waals surface area contributed by atoms with Gasteiger partial charge in [0.15, 0.2) is 5.13 Å². The summed E-state index contributed by atoms with van der Waals surface area (Å²) in [6.07, 6.45) is 0. The van der Waals surface area contributed by atoms with Gasteiger partial charge in [0.2, 0.25) is 0 Å². The summed E-state index contributed by atoms with van der Waals surface area (Å²) in [5.74, 6) is 0.556. The van der Waals surface area contributed by atoms with Crippen LogP contribution in [0.5, 0.6) is 0 Å². The first kappa shape index (κ1) is 14.8. The normalized spacial score (nSPS) is 10.9. The van der Waals surface area contributed by atoms with Crippen LogP contribution in [0.3, 0.4) is 0 Å². The molecular weight excluding hydrogens is 288 g/mol. The zero-order valence-electron chi connectivity index (χ0n) is 13.1. The van der Waals surface area contributed by atoms with Crippen molar-refractivity contribution in [3.05, 3.63) is 65.0 Å². The molecule has 2 aromatic carbocycles. The van der Waals surface area contributed by atoms with Crippen molar-refractivity contribution in [1.29, 1.82) is 0 Å². The van der Waals surface area contributed by atoms with E-state index in [0.29, 0.717) is 5.92 Å². The lowest BCUT2D eigenvalue weighted by molar-refractivity contribution is 0.867. The summed E-state index contributed by atoms with van der Waals surface area (Å²) < 4.78 is 0. The van der Waals surface area contributed by atoms with Crippen molar-refractivity contribution in [2.24, 2.45) is 0 Å². The Morgan fingerprint density at radius 1 is 0.955 bits per heavy atom. The van der Waals surface area contributed by atoms with Crippen molar-refractivity contribution in [3.8, 4) is 11.3 Å². The number of nitrogens with one attached hydrogen (secondary N) is 1. The van der Waals surface area contributed by atoms with E-state index < -0.39 is 0 Å². The van der Waals surface area contributed by atoms with Crippen LogP contribution in [-0.2, 0) is 0 Å². The quantitative estimate of drug-likeness (QED) is 0.640. The fraction of sp³-hybridized carbons (Fsp3) is 0.211. The lowest BCUT2D eigenvalue weighted by Crippen LogP contribution is -1.90. The van der Waals surface area contributed by atoms with Gasteiger partial charge < -0.3 is 5.32 Å². The molecule has 22 heavy (non-hydrogen) atoms. The van der Waals surface area contributed by atoms with Crippen LogP contribution in [0, 0.1) is 6.92 Å². The third-order valence-corrected chi connectivity index (χ3v) is 4.56. The van der Waals surface area contributed by atoms with Crippen LogP contribution >= 0.6 is 11.3 Å². The van der Waals surface area contributed by atoms with Crippen LogP contribution in [-0.4, -0.2) is 4.98 Å². The number of hydrogen-bond donors (Lipinski definition) is 1. The van der Waals surface area contributed by atoms with Crippen LogP contribution in [0.2, 0.25) is 0 Å². The molecule has 3 rings (SSSR count). The first-order valence-electron chi connectivity index (χ1n) is 7.53. The summed E-state index contributed by atoms with van der Waals surface area (Å²) in [6, 6.07) is 18.9. The zero-order chi connectivity index (χ0) is 15.5. The molecule has 0 amide bonds. The molecular formula is C19H20N2S. The summed E-state index contributed by atoms with van der Waals surface area (Å²) in [5, 5.41) is 4.31. The molecule has 0 aliphatic heterocycles. The molecule has 0 fully saturated rings. The van der Waals surface area contributed by atoms with E-state index in [-0.39, 0.29) is 0 Å². The number of benzene rings is 2. The minimum absolute atomic E-state index is 0.556. The van der Waals surface area contributed by atoms with Crippen LogP contribution < -0.4 is 5.32 Å². The van der Waals surface area contributed by atoms with Gasteiger partial charge in [-0.1, -0.05) is 56.3 Å². The van der Waals surface area contributed by atoms with E-state index in [0.717, 1.165) is 16.5 Å². The molecule has 3 aromatic rings. The number of para-hydroxylation sites is 1. The van der Waals surface area contributed by atoms with Crippen LogP contribution in [0.4, 0.5) is 10.8 Å². The molecule has 0 atom stereocenters. The lowest BCUT2D eigenvalue weighted by atomic mass is 10.0. The standard InChI is InChI=1S/C19H20N2S/c1-13(2)15-9-11-16(12-10-15)18-14(3)22-19(21-18)20-17-7-5-4-6-8-17/h4-13H,1-3H3,(H,20,21). The first-order chi connectivity index (χ1) is 10.6. The fourth-order valence-electron chi connectivity index (χ4n) is 2.39.